The molecule has 0 radical (unpaired) electrons. The van der Waals surface area contributed by atoms with Crippen LogP contribution in [-0.2, 0) is 23.8 Å². The summed E-state index contributed by atoms with van der Waals surface area (Å²) in [6.07, 6.45) is 16.9. The van der Waals surface area contributed by atoms with Crippen LogP contribution in [0.2, 0.25) is 0 Å². The molecule has 8 nitrogen and oxygen atoms in total. The monoisotopic (exact) mass is 592 g/mol. The number of epoxide rings is 1. The predicted octanol–water partition coefficient (Wildman–Crippen LogP) is 5.65. The van der Waals surface area contributed by atoms with Crippen LogP contribution in [0.5, 0.6) is 0 Å². The number of aliphatic hydroxyl groups excluding tert-OH is 1. The van der Waals surface area contributed by atoms with Crippen LogP contribution in [0.25, 0.3) is 0 Å². The van der Waals surface area contributed by atoms with Gasteiger partial charge in [0.25, 0.3) is 0 Å². The Bertz CT molecular complexity index is 1220. The van der Waals surface area contributed by atoms with E-state index in [4.69, 9.17) is 24.2 Å². The molecule has 234 valence electrons. The quantitative estimate of drug-likeness (QED) is 0.128. The molecule has 8 atom stereocenters. The lowest BCUT2D eigenvalue weighted by molar-refractivity contribution is -0.146. The number of rotatable bonds is 8. The normalized spacial score (nSPS) is 39.3. The zero-order chi connectivity index (χ0) is 30.6. The number of hydrogen-bond donors (Lipinski definition) is 1. The molecule has 0 amide bonds. The zero-order valence-corrected chi connectivity index (χ0v) is 25.8. The maximum Gasteiger partial charge on any atom is 0.334 e. The molecule has 0 aromatic rings. The Morgan fingerprint density at radius 2 is 1.44 bits per heavy atom. The second-order valence-electron chi connectivity index (χ2n) is 13.2. The van der Waals surface area contributed by atoms with Gasteiger partial charge in [-0.25, -0.2) is 9.59 Å². The fourth-order valence-corrected chi connectivity index (χ4v) is 6.99. The van der Waals surface area contributed by atoms with Crippen molar-refractivity contribution >= 4 is 24.4 Å². The van der Waals surface area contributed by atoms with Crippen LogP contribution in [0.3, 0.4) is 0 Å². The summed E-state index contributed by atoms with van der Waals surface area (Å²) < 4.78 is 17.1. The second-order valence-corrected chi connectivity index (χ2v) is 13.2. The minimum absolute atomic E-state index is 0.00989. The lowest BCUT2D eigenvalue weighted by Gasteiger charge is -2.28. The molecule has 0 saturated carbocycles. The first-order valence-electron chi connectivity index (χ1n) is 16.2. The number of allylic oxidation sites excluding steroid dienone is 4. The number of aliphatic hydroxyl groups is 1. The highest BCUT2D eigenvalue weighted by Crippen LogP contribution is 2.49. The van der Waals surface area contributed by atoms with Gasteiger partial charge in [0.15, 0.2) is 0 Å². The molecule has 1 N–H and O–H groups in total. The average molecular weight is 593 g/mol. The number of ether oxygens (including phenoxy) is 3. The zero-order valence-electron chi connectivity index (χ0n) is 25.8. The van der Waals surface area contributed by atoms with Crippen molar-refractivity contribution in [1.29, 1.82) is 0 Å². The first kappa shape index (κ1) is 31.6. The van der Waals surface area contributed by atoms with Crippen molar-refractivity contribution in [2.24, 2.45) is 27.7 Å². The predicted molar refractivity (Wildman–Crippen MR) is 167 cm³/mol. The van der Waals surface area contributed by atoms with Crippen LogP contribution in [-0.4, -0.2) is 72.6 Å². The molecule has 0 spiro atoms. The third-order valence-corrected chi connectivity index (χ3v) is 10.0. The van der Waals surface area contributed by atoms with Crippen LogP contribution in [0.4, 0.5) is 0 Å². The molecule has 5 rings (SSSR count). The number of nitrogens with zero attached hydrogens (tertiary/aromatic N) is 2. The van der Waals surface area contributed by atoms with Gasteiger partial charge >= 0.3 is 11.9 Å². The summed E-state index contributed by atoms with van der Waals surface area (Å²) in [6, 6.07) is 0. The summed E-state index contributed by atoms with van der Waals surface area (Å²) in [7, 11) is 0. The van der Waals surface area contributed by atoms with Crippen molar-refractivity contribution in [3.8, 4) is 0 Å². The van der Waals surface area contributed by atoms with Crippen LogP contribution in [0, 0.1) is 17.8 Å². The average Bonchev–Trinajstić information content (AvgIpc) is 3.46. The van der Waals surface area contributed by atoms with E-state index in [2.05, 4.69) is 32.2 Å². The molecule has 3 fully saturated rings. The van der Waals surface area contributed by atoms with Gasteiger partial charge in [-0.15, -0.1) is 0 Å². The first-order valence-corrected chi connectivity index (χ1v) is 16.2. The van der Waals surface area contributed by atoms with Gasteiger partial charge in [0, 0.05) is 48.5 Å². The Hall–Kier alpha value is -2.84. The van der Waals surface area contributed by atoms with Crippen LogP contribution in [0.15, 0.2) is 57.6 Å². The van der Waals surface area contributed by atoms with E-state index in [0.717, 1.165) is 83.7 Å². The molecule has 43 heavy (non-hydrogen) atoms. The van der Waals surface area contributed by atoms with Crippen LogP contribution >= 0.6 is 0 Å². The number of carbonyl (C=O) groups is 2. The number of esters is 2. The maximum atomic E-state index is 12.2. The highest BCUT2D eigenvalue weighted by Gasteiger charge is 2.61. The van der Waals surface area contributed by atoms with E-state index in [0.29, 0.717) is 11.1 Å². The first-order chi connectivity index (χ1) is 20.7. The summed E-state index contributed by atoms with van der Waals surface area (Å²) in [6.45, 7) is 13.6. The Labute approximate surface area is 256 Å². The third-order valence-electron chi connectivity index (χ3n) is 10.0. The summed E-state index contributed by atoms with van der Waals surface area (Å²) >= 11 is 0. The molecule has 8 heteroatoms. The lowest BCUT2D eigenvalue weighted by atomic mass is 9.82. The van der Waals surface area contributed by atoms with Crippen molar-refractivity contribution in [3.63, 3.8) is 0 Å². The van der Waals surface area contributed by atoms with E-state index in [1.807, 2.05) is 19.4 Å². The topological polar surface area (TPSA) is 110 Å². The summed E-state index contributed by atoms with van der Waals surface area (Å²) in [5, 5.41) is 10.7. The Morgan fingerprint density at radius 3 is 2.07 bits per heavy atom. The van der Waals surface area contributed by atoms with Gasteiger partial charge in [0.05, 0.1) is 11.7 Å². The van der Waals surface area contributed by atoms with E-state index in [9.17, 15) is 14.7 Å². The van der Waals surface area contributed by atoms with Crippen molar-refractivity contribution in [2.45, 2.75) is 114 Å². The van der Waals surface area contributed by atoms with Crippen LogP contribution < -0.4 is 0 Å². The highest BCUT2D eigenvalue weighted by molar-refractivity contribution is 5.91. The summed E-state index contributed by atoms with van der Waals surface area (Å²) in [5.74, 6) is -0.747. The van der Waals surface area contributed by atoms with E-state index < -0.39 is 12.2 Å². The molecule has 0 aromatic heterocycles. The van der Waals surface area contributed by atoms with Gasteiger partial charge in [0.2, 0.25) is 0 Å². The van der Waals surface area contributed by atoms with Gasteiger partial charge in [-0.2, -0.15) is 0 Å². The molecule has 5 aliphatic rings. The molecule has 3 heterocycles. The Balaban J connectivity index is 1.03. The molecule has 0 bridgehead atoms. The Kier molecular flexibility index (Phi) is 10.2. The summed E-state index contributed by atoms with van der Waals surface area (Å²) in [5.41, 5.74) is 3.23. The third kappa shape index (κ3) is 7.46. The summed E-state index contributed by atoms with van der Waals surface area (Å²) in [4.78, 5) is 33.7. The largest absolute Gasteiger partial charge is 0.456 e. The van der Waals surface area contributed by atoms with Gasteiger partial charge < -0.3 is 19.3 Å². The minimum atomic E-state index is -0.657. The van der Waals surface area contributed by atoms with E-state index in [1.165, 1.54) is 11.1 Å². The van der Waals surface area contributed by atoms with Gasteiger partial charge in [-0.05, 0) is 94.6 Å². The van der Waals surface area contributed by atoms with E-state index in [1.54, 1.807) is 0 Å². The van der Waals surface area contributed by atoms with Crippen molar-refractivity contribution < 1.29 is 28.9 Å². The molecule has 2 aliphatic carbocycles. The van der Waals surface area contributed by atoms with Crippen molar-refractivity contribution in [3.05, 3.63) is 47.6 Å². The maximum absolute atomic E-state index is 12.2. The van der Waals surface area contributed by atoms with E-state index >= 15 is 0 Å². The SMILES string of the molecule is C=C1C(=O)O[C@@H]2[C@H](O)[C@@H](C)CC/C=C(/C=NCCCCCN=C/C3=C/CC[C@@]4(C)O[C@H]4[C@H]4OC(=O)C(=C)[C@@H]4CC3)CC[C@@H]12. The van der Waals surface area contributed by atoms with Gasteiger partial charge in [0.1, 0.15) is 18.3 Å². The van der Waals surface area contributed by atoms with Crippen LogP contribution in [0.1, 0.15) is 84.5 Å². The molecule has 0 unspecified atom stereocenters. The number of hydrogen-bond acceptors (Lipinski definition) is 8. The van der Waals surface area contributed by atoms with Crippen molar-refractivity contribution in [2.75, 3.05) is 13.1 Å². The molecule has 3 aliphatic heterocycles. The lowest BCUT2D eigenvalue weighted by Crippen LogP contribution is -2.36. The number of aliphatic imine (C=N–C) groups is 2. The Morgan fingerprint density at radius 1 is 0.884 bits per heavy atom. The van der Waals surface area contributed by atoms with Crippen molar-refractivity contribution in [1.82, 2.24) is 0 Å². The standard InChI is InChI=1S/C35H48N2O6/c1-22-10-8-11-25(13-15-27-23(2)33(39)41-30(27)29(22)38)20-36-18-6-5-7-19-37-21-26-12-9-17-35(4)32(43-35)31-28(16-14-26)24(3)34(40)42-31/h11-12,20-22,27-32,38H,2-3,5-10,13-19H2,1,4H3/b25-11+,26-12+,36-20?,37-21?/t22-,27-,28-,29+,30-,31-,32-,35+/m0/s1. The number of fused-ring (bicyclic) bond motifs is 4. The number of carbonyl (C=O) groups excluding carboxylic acids is 2. The van der Waals surface area contributed by atoms with E-state index in [-0.39, 0.29) is 47.5 Å². The second kappa shape index (κ2) is 13.9. The fourth-order valence-electron chi connectivity index (χ4n) is 6.99. The fraction of sp³-hybridized carbons (Fsp3) is 0.657. The molecule has 0 aromatic carbocycles. The van der Waals surface area contributed by atoms with Gasteiger partial charge in [-0.3, -0.25) is 9.98 Å². The molecule has 3 saturated heterocycles. The molecular formula is C35H48N2O6. The molecular weight excluding hydrogens is 544 g/mol. The minimum Gasteiger partial charge on any atom is -0.456 e. The highest BCUT2D eigenvalue weighted by atomic mass is 16.6. The van der Waals surface area contributed by atoms with Gasteiger partial charge in [-0.1, -0.05) is 32.2 Å². The smallest absolute Gasteiger partial charge is 0.334 e. The number of unbranched alkanes of at least 4 members (excludes halogenated alkanes) is 2.